The molecule has 0 fully saturated rings. The van der Waals surface area contributed by atoms with E-state index >= 15 is 0 Å². The van der Waals surface area contributed by atoms with Crippen LogP contribution in [-0.2, 0) is 0 Å². The maximum atomic E-state index is 9.17. The molecule has 0 aromatic carbocycles. The number of nitriles is 1. The van der Waals surface area contributed by atoms with Gasteiger partial charge in [0.15, 0.2) is 0 Å². The molecule has 0 aliphatic heterocycles. The third-order valence-corrected chi connectivity index (χ3v) is 3.52. The van der Waals surface area contributed by atoms with Crippen LogP contribution < -0.4 is 0 Å². The first-order valence-electron chi connectivity index (χ1n) is 4.92. The molecule has 1 aromatic heterocycles. The van der Waals surface area contributed by atoms with Crippen molar-refractivity contribution in [1.29, 1.82) is 5.26 Å². The second-order valence-electron chi connectivity index (χ2n) is 3.22. The van der Waals surface area contributed by atoms with Gasteiger partial charge in [0.05, 0.1) is 6.07 Å². The molecule has 0 bridgehead atoms. The third-order valence-electron chi connectivity index (χ3n) is 2.45. The molecule has 0 aliphatic carbocycles. The van der Waals surface area contributed by atoms with Crippen LogP contribution in [0.4, 0.5) is 0 Å². The molecule has 3 heteroatoms. The summed E-state index contributed by atoms with van der Waals surface area (Å²) in [7, 11) is 0. The van der Waals surface area contributed by atoms with Gasteiger partial charge in [-0.2, -0.15) is 5.26 Å². The molecule has 0 aliphatic rings. The van der Waals surface area contributed by atoms with Crippen molar-refractivity contribution in [3.63, 3.8) is 0 Å². The van der Waals surface area contributed by atoms with E-state index in [9.17, 15) is 0 Å². The van der Waals surface area contributed by atoms with Crippen LogP contribution in [0, 0.1) is 18.3 Å². The number of thiophene rings is 1. The predicted molar refractivity (Wildman–Crippen MR) is 60.3 cm³/mol. The minimum Gasteiger partial charge on any atom is -0.284 e. The second-order valence-corrected chi connectivity index (χ2v) is 4.17. The summed E-state index contributed by atoms with van der Waals surface area (Å²) in [6.07, 6.45) is 0. The van der Waals surface area contributed by atoms with E-state index in [0.717, 1.165) is 13.1 Å². The molecule has 0 radical (unpaired) electrons. The molecule has 0 saturated carbocycles. The Morgan fingerprint density at radius 2 is 2.14 bits per heavy atom. The number of hydrogen-bond donors (Lipinski definition) is 0. The maximum Gasteiger partial charge on any atom is 0.133 e. The summed E-state index contributed by atoms with van der Waals surface area (Å²) in [6, 6.07) is 4.40. The molecule has 1 rings (SSSR count). The Bertz CT molecular complexity index is 320. The first-order valence-corrected chi connectivity index (χ1v) is 5.80. The quantitative estimate of drug-likeness (QED) is 0.760. The maximum absolute atomic E-state index is 9.17. The minimum atomic E-state index is -0.0648. The Morgan fingerprint density at radius 1 is 1.50 bits per heavy atom. The van der Waals surface area contributed by atoms with Crippen molar-refractivity contribution in [3.8, 4) is 6.07 Å². The molecule has 1 heterocycles. The largest absolute Gasteiger partial charge is 0.284 e. The lowest BCUT2D eigenvalue weighted by Gasteiger charge is -2.23. The predicted octanol–water partition coefficient (Wildman–Crippen LogP) is 2.96. The molecular weight excluding hydrogens is 192 g/mol. The van der Waals surface area contributed by atoms with Crippen LogP contribution >= 0.6 is 11.3 Å². The van der Waals surface area contributed by atoms with E-state index in [4.69, 9.17) is 5.26 Å². The van der Waals surface area contributed by atoms with Crippen molar-refractivity contribution in [2.45, 2.75) is 26.8 Å². The van der Waals surface area contributed by atoms with Gasteiger partial charge in [0.25, 0.3) is 0 Å². The van der Waals surface area contributed by atoms with Crippen LogP contribution in [0.3, 0.4) is 0 Å². The zero-order valence-electron chi connectivity index (χ0n) is 8.95. The van der Waals surface area contributed by atoms with Crippen LogP contribution in [-0.4, -0.2) is 18.0 Å². The average Bonchev–Trinajstić information content (AvgIpc) is 2.61. The summed E-state index contributed by atoms with van der Waals surface area (Å²) >= 11 is 1.68. The lowest BCUT2D eigenvalue weighted by atomic mass is 10.1. The molecule has 0 spiro atoms. The molecule has 0 saturated heterocycles. The van der Waals surface area contributed by atoms with Crippen molar-refractivity contribution >= 4 is 11.3 Å². The third kappa shape index (κ3) is 2.14. The van der Waals surface area contributed by atoms with Gasteiger partial charge in [0.1, 0.15) is 6.04 Å². The summed E-state index contributed by atoms with van der Waals surface area (Å²) in [5.41, 5.74) is 1.23. The molecule has 1 unspecified atom stereocenters. The molecule has 2 nitrogen and oxygen atoms in total. The highest BCUT2D eigenvalue weighted by Crippen LogP contribution is 2.27. The molecule has 1 aromatic rings. The minimum absolute atomic E-state index is 0.0648. The first-order chi connectivity index (χ1) is 6.74. The van der Waals surface area contributed by atoms with Gasteiger partial charge in [-0.25, -0.2) is 0 Å². The summed E-state index contributed by atoms with van der Waals surface area (Å²) in [4.78, 5) is 3.37. The fourth-order valence-electron chi connectivity index (χ4n) is 1.56. The fraction of sp³-hybridized carbons (Fsp3) is 0.545. The lowest BCUT2D eigenvalue weighted by molar-refractivity contribution is 0.265. The van der Waals surface area contributed by atoms with Crippen molar-refractivity contribution < 1.29 is 0 Å². The summed E-state index contributed by atoms with van der Waals surface area (Å²) in [5, 5.41) is 11.2. The average molecular weight is 208 g/mol. The van der Waals surface area contributed by atoms with Gasteiger partial charge >= 0.3 is 0 Å². The Hall–Kier alpha value is -0.850. The summed E-state index contributed by atoms with van der Waals surface area (Å²) in [5.74, 6) is 0. The Kier molecular flexibility index (Phi) is 4.12. The Morgan fingerprint density at radius 3 is 2.50 bits per heavy atom. The second kappa shape index (κ2) is 5.14. The zero-order valence-corrected chi connectivity index (χ0v) is 9.77. The van der Waals surface area contributed by atoms with Crippen LogP contribution in [0.15, 0.2) is 11.4 Å². The molecule has 1 atom stereocenters. The Labute approximate surface area is 89.8 Å². The van der Waals surface area contributed by atoms with Crippen molar-refractivity contribution in [3.05, 3.63) is 21.9 Å². The number of aryl methyl sites for hydroxylation is 1. The summed E-state index contributed by atoms with van der Waals surface area (Å²) < 4.78 is 0. The van der Waals surface area contributed by atoms with E-state index in [-0.39, 0.29) is 6.04 Å². The molecule has 14 heavy (non-hydrogen) atoms. The van der Waals surface area contributed by atoms with Crippen LogP contribution in [0.1, 0.15) is 30.3 Å². The van der Waals surface area contributed by atoms with Crippen LogP contribution in [0.25, 0.3) is 0 Å². The molecular formula is C11H16N2S. The normalized spacial score (nSPS) is 12.8. The van der Waals surface area contributed by atoms with Gasteiger partial charge in [-0.1, -0.05) is 13.8 Å². The van der Waals surface area contributed by atoms with Gasteiger partial charge in [-0.3, -0.25) is 4.90 Å². The number of nitrogens with zero attached hydrogens (tertiary/aromatic N) is 2. The van der Waals surface area contributed by atoms with Gasteiger partial charge < -0.3 is 0 Å². The van der Waals surface area contributed by atoms with Crippen LogP contribution in [0.5, 0.6) is 0 Å². The Balaban J connectivity index is 2.93. The van der Waals surface area contributed by atoms with Gasteiger partial charge in [-0.05, 0) is 37.0 Å². The number of rotatable bonds is 4. The fourth-order valence-corrected chi connectivity index (χ4v) is 2.56. The van der Waals surface area contributed by atoms with E-state index < -0.39 is 0 Å². The standard InChI is InChI=1S/C11H16N2S/c1-4-13(5-2)10(8-12)11-9(3)6-7-14-11/h6-7,10H,4-5H2,1-3H3. The lowest BCUT2D eigenvalue weighted by Crippen LogP contribution is -2.27. The van der Waals surface area contributed by atoms with Gasteiger partial charge in [0.2, 0.25) is 0 Å². The zero-order chi connectivity index (χ0) is 10.6. The topological polar surface area (TPSA) is 27.0 Å². The number of hydrogen-bond acceptors (Lipinski definition) is 3. The van der Waals surface area contributed by atoms with E-state index in [1.54, 1.807) is 11.3 Å². The van der Waals surface area contributed by atoms with E-state index in [2.05, 4.69) is 43.2 Å². The SMILES string of the molecule is CCN(CC)C(C#N)c1sccc1C. The molecule has 0 amide bonds. The van der Waals surface area contributed by atoms with E-state index in [1.165, 1.54) is 10.4 Å². The first kappa shape index (κ1) is 11.2. The van der Waals surface area contributed by atoms with Crippen molar-refractivity contribution in [2.24, 2.45) is 0 Å². The molecule has 76 valence electrons. The van der Waals surface area contributed by atoms with Gasteiger partial charge in [-0.15, -0.1) is 11.3 Å². The van der Waals surface area contributed by atoms with E-state index in [0.29, 0.717) is 0 Å². The van der Waals surface area contributed by atoms with Crippen LogP contribution in [0.2, 0.25) is 0 Å². The van der Waals surface area contributed by atoms with Crippen molar-refractivity contribution in [1.82, 2.24) is 4.90 Å². The monoisotopic (exact) mass is 208 g/mol. The highest BCUT2D eigenvalue weighted by Gasteiger charge is 2.19. The van der Waals surface area contributed by atoms with Gasteiger partial charge in [0, 0.05) is 4.88 Å². The van der Waals surface area contributed by atoms with E-state index in [1.807, 2.05) is 0 Å². The molecule has 0 N–H and O–H groups in total. The summed E-state index contributed by atoms with van der Waals surface area (Å²) in [6.45, 7) is 8.10. The van der Waals surface area contributed by atoms with Crippen molar-refractivity contribution in [2.75, 3.05) is 13.1 Å². The highest BCUT2D eigenvalue weighted by atomic mass is 32.1. The highest BCUT2D eigenvalue weighted by molar-refractivity contribution is 7.10. The smallest absolute Gasteiger partial charge is 0.133 e.